The topological polar surface area (TPSA) is 112 Å². The Balaban J connectivity index is 1.57. The largest absolute Gasteiger partial charge is 0.497 e. The second-order valence-corrected chi connectivity index (χ2v) is 9.31. The molecule has 1 saturated heterocycles. The second-order valence-electron chi connectivity index (χ2n) is 9.31. The van der Waals surface area contributed by atoms with E-state index < -0.39 is 41.5 Å². The molecule has 1 fully saturated rings. The van der Waals surface area contributed by atoms with Gasteiger partial charge >= 0.3 is 5.69 Å². The lowest BCUT2D eigenvalue weighted by Crippen LogP contribution is -2.40. The van der Waals surface area contributed by atoms with Crippen LogP contribution >= 0.6 is 0 Å². The number of methoxy groups -OCH3 is 2. The normalized spacial score (nSPS) is 20.8. The Kier molecular flexibility index (Phi) is 7.83. The maximum Gasteiger partial charge on any atom is 0.330 e. The molecule has 208 valence electrons. The van der Waals surface area contributed by atoms with Crippen molar-refractivity contribution in [1.29, 1.82) is 0 Å². The van der Waals surface area contributed by atoms with Gasteiger partial charge in [0.05, 0.1) is 20.8 Å². The van der Waals surface area contributed by atoms with Crippen molar-refractivity contribution < 1.29 is 28.4 Å². The third-order valence-electron chi connectivity index (χ3n) is 7.07. The predicted octanol–water partition coefficient (Wildman–Crippen LogP) is 3.16. The zero-order valence-electron chi connectivity index (χ0n) is 21.9. The summed E-state index contributed by atoms with van der Waals surface area (Å²) in [5.74, 6) is 1.30. The van der Waals surface area contributed by atoms with Gasteiger partial charge in [-0.2, -0.15) is 0 Å². The molecule has 9 nitrogen and oxygen atoms in total. The van der Waals surface area contributed by atoms with Crippen molar-refractivity contribution in [2.24, 2.45) is 0 Å². The molecule has 4 atom stereocenters. The van der Waals surface area contributed by atoms with Gasteiger partial charge in [-0.3, -0.25) is 4.79 Å². The molecule has 0 radical (unpaired) electrons. The molecule has 40 heavy (non-hydrogen) atoms. The van der Waals surface area contributed by atoms with Crippen LogP contribution in [0.25, 0.3) is 0 Å². The smallest absolute Gasteiger partial charge is 0.330 e. The van der Waals surface area contributed by atoms with E-state index in [1.807, 2.05) is 78.9 Å². The van der Waals surface area contributed by atoms with Gasteiger partial charge in [-0.1, -0.05) is 54.6 Å². The molecule has 0 amide bonds. The highest BCUT2D eigenvalue weighted by atomic mass is 19.1. The molecule has 0 saturated carbocycles. The van der Waals surface area contributed by atoms with Crippen molar-refractivity contribution in [3.8, 4) is 11.5 Å². The lowest BCUT2D eigenvalue weighted by atomic mass is 9.80. The fourth-order valence-electron chi connectivity index (χ4n) is 5.01. The molecule has 1 unspecified atom stereocenters. The minimum Gasteiger partial charge on any atom is -0.497 e. The summed E-state index contributed by atoms with van der Waals surface area (Å²) in [5, 5.41) is 10.8. The number of aromatic nitrogens is 2. The summed E-state index contributed by atoms with van der Waals surface area (Å²) >= 11 is 0. The molecule has 3 aromatic carbocycles. The summed E-state index contributed by atoms with van der Waals surface area (Å²) in [7, 11) is 3.15. The number of aliphatic hydroxyl groups excluding tert-OH is 1. The number of ether oxygens (including phenoxy) is 4. The molecule has 2 N–H and O–H groups in total. The van der Waals surface area contributed by atoms with Crippen molar-refractivity contribution in [2.75, 3.05) is 20.8 Å². The van der Waals surface area contributed by atoms with Gasteiger partial charge in [0.1, 0.15) is 29.3 Å². The first kappa shape index (κ1) is 27.3. The number of benzene rings is 3. The zero-order valence-corrected chi connectivity index (χ0v) is 21.9. The van der Waals surface area contributed by atoms with Gasteiger partial charge < -0.3 is 29.0 Å². The monoisotopic (exact) mass is 548 g/mol. The minimum absolute atomic E-state index is 0.273. The standard InChI is InChI=1S/C30H29FN2O7/c1-37-22-12-8-20(9-13-22)30(19-6-4-3-5-7-19,21-10-14-23(38-2)15-11-21)39-18-24-27(35)26(31)28(40-24)33-25(34)16-17-32-29(33)36/h3-17,24,26-28,35H,18H2,1-2H3,(H,32,36)/t24-,26?,27+,28-/m1/s1. The number of nitrogens with one attached hydrogen (secondary N) is 1. The van der Waals surface area contributed by atoms with Gasteiger partial charge in [-0.05, 0) is 41.0 Å². The first-order valence-corrected chi connectivity index (χ1v) is 12.7. The van der Waals surface area contributed by atoms with Gasteiger partial charge in [0.2, 0.25) is 0 Å². The Morgan fingerprint density at radius 2 is 1.43 bits per heavy atom. The molecule has 0 bridgehead atoms. The number of H-pyrrole nitrogens is 1. The summed E-state index contributed by atoms with van der Waals surface area (Å²) in [6.45, 7) is -0.273. The summed E-state index contributed by atoms with van der Waals surface area (Å²) in [6, 6.07) is 25.2. The van der Waals surface area contributed by atoms with Crippen LogP contribution in [0.4, 0.5) is 4.39 Å². The van der Waals surface area contributed by atoms with E-state index in [4.69, 9.17) is 18.9 Å². The number of halogens is 1. The molecular weight excluding hydrogens is 519 g/mol. The predicted molar refractivity (Wildman–Crippen MR) is 144 cm³/mol. The maximum absolute atomic E-state index is 15.3. The average Bonchev–Trinajstić information content (AvgIpc) is 3.27. The van der Waals surface area contributed by atoms with Crippen LogP contribution in [0.2, 0.25) is 0 Å². The first-order chi connectivity index (χ1) is 19.4. The fourth-order valence-corrected chi connectivity index (χ4v) is 5.01. The van der Waals surface area contributed by atoms with Crippen LogP contribution in [-0.2, 0) is 15.1 Å². The van der Waals surface area contributed by atoms with E-state index in [9.17, 15) is 14.7 Å². The van der Waals surface area contributed by atoms with Crippen molar-refractivity contribution in [2.45, 2.75) is 30.2 Å². The average molecular weight is 549 g/mol. The summed E-state index contributed by atoms with van der Waals surface area (Å²) in [6.07, 6.45) is -5.34. The number of nitrogens with zero attached hydrogens (tertiary/aromatic N) is 1. The Morgan fingerprint density at radius 3 is 1.95 bits per heavy atom. The molecule has 1 aliphatic rings. The fraction of sp³-hybridized carbons (Fsp3) is 0.267. The lowest BCUT2D eigenvalue weighted by Gasteiger charge is -2.37. The Hall–Kier alpha value is -4.25. The van der Waals surface area contributed by atoms with Crippen LogP contribution in [-0.4, -0.2) is 53.9 Å². The number of alkyl halides is 1. The molecule has 1 aliphatic heterocycles. The van der Waals surface area contributed by atoms with Crippen LogP contribution in [0.1, 0.15) is 22.9 Å². The van der Waals surface area contributed by atoms with Crippen molar-refractivity contribution in [3.63, 3.8) is 0 Å². The van der Waals surface area contributed by atoms with Crippen LogP contribution in [0.5, 0.6) is 11.5 Å². The highest BCUT2D eigenvalue weighted by Crippen LogP contribution is 2.42. The number of hydrogen-bond acceptors (Lipinski definition) is 7. The van der Waals surface area contributed by atoms with E-state index in [0.29, 0.717) is 16.1 Å². The second kappa shape index (κ2) is 11.5. The molecule has 1 aromatic heterocycles. The van der Waals surface area contributed by atoms with Gasteiger partial charge in [-0.15, -0.1) is 0 Å². The van der Waals surface area contributed by atoms with Gasteiger partial charge in [0.15, 0.2) is 12.4 Å². The third kappa shape index (κ3) is 4.92. The van der Waals surface area contributed by atoms with Crippen LogP contribution in [0.3, 0.4) is 0 Å². The van der Waals surface area contributed by atoms with Crippen LogP contribution < -0.4 is 20.7 Å². The summed E-state index contributed by atoms with van der Waals surface area (Å²) in [4.78, 5) is 27.0. The molecule has 10 heteroatoms. The molecule has 4 aromatic rings. The number of rotatable bonds is 9. The Bertz CT molecular complexity index is 1460. The van der Waals surface area contributed by atoms with E-state index in [1.54, 1.807) is 14.2 Å². The van der Waals surface area contributed by atoms with Crippen molar-refractivity contribution >= 4 is 0 Å². The van der Waals surface area contributed by atoms with E-state index in [-0.39, 0.29) is 6.61 Å². The highest BCUT2D eigenvalue weighted by Gasteiger charge is 2.48. The highest BCUT2D eigenvalue weighted by molar-refractivity contribution is 5.49. The maximum atomic E-state index is 15.3. The molecule has 5 rings (SSSR count). The van der Waals surface area contributed by atoms with Crippen LogP contribution in [0, 0.1) is 0 Å². The summed E-state index contributed by atoms with van der Waals surface area (Å²) in [5.41, 5.74) is -0.581. The van der Waals surface area contributed by atoms with Crippen molar-refractivity contribution in [1.82, 2.24) is 9.55 Å². The number of aromatic amines is 1. The zero-order chi connectivity index (χ0) is 28.3. The Morgan fingerprint density at radius 1 is 0.875 bits per heavy atom. The van der Waals surface area contributed by atoms with Crippen LogP contribution in [0.15, 0.2) is 101 Å². The van der Waals surface area contributed by atoms with E-state index >= 15 is 4.39 Å². The minimum atomic E-state index is -2.04. The van der Waals surface area contributed by atoms with Gasteiger partial charge in [-0.25, -0.2) is 13.8 Å². The molecule has 0 spiro atoms. The number of aliphatic hydroxyl groups is 1. The third-order valence-corrected chi connectivity index (χ3v) is 7.07. The molecule has 0 aliphatic carbocycles. The number of hydrogen-bond donors (Lipinski definition) is 2. The molecular formula is C30H29FN2O7. The van der Waals surface area contributed by atoms with E-state index in [0.717, 1.165) is 29.0 Å². The SMILES string of the molecule is COc1ccc(C(OC[C@H]2O[C@@H](n3c(=O)cc[nH]c3=O)C(F)[C@H]2O)(c2ccccc2)c2ccc(OC)cc2)cc1. The van der Waals surface area contributed by atoms with E-state index in [2.05, 4.69) is 4.98 Å². The van der Waals surface area contributed by atoms with E-state index in [1.165, 1.54) is 0 Å². The summed E-state index contributed by atoms with van der Waals surface area (Å²) < 4.78 is 39.0. The Labute approximate surface area is 229 Å². The molecule has 2 heterocycles. The van der Waals surface area contributed by atoms with Gasteiger partial charge in [0, 0.05) is 12.3 Å². The quantitative estimate of drug-likeness (QED) is 0.309. The first-order valence-electron chi connectivity index (χ1n) is 12.7. The van der Waals surface area contributed by atoms with Crippen molar-refractivity contribution in [3.05, 3.63) is 129 Å². The van der Waals surface area contributed by atoms with Gasteiger partial charge in [0.25, 0.3) is 5.56 Å². The lowest BCUT2D eigenvalue weighted by molar-refractivity contribution is -0.0956.